The first kappa shape index (κ1) is 31.3. The molecule has 7 nitrogen and oxygen atoms in total. The molecule has 222 valence electrons. The van der Waals surface area contributed by atoms with Gasteiger partial charge in [0.05, 0.1) is 28.9 Å². The number of hydrogen-bond donors (Lipinski definition) is 3. The first-order valence-corrected chi connectivity index (χ1v) is 16.2. The zero-order valence-corrected chi connectivity index (χ0v) is 25.8. The third kappa shape index (κ3) is 10.0. The third-order valence-corrected chi connectivity index (χ3v) is 9.12. The summed E-state index contributed by atoms with van der Waals surface area (Å²) in [6, 6.07) is 16.7. The molecule has 0 radical (unpaired) electrons. The molecule has 0 unspecified atom stereocenters. The summed E-state index contributed by atoms with van der Waals surface area (Å²) in [4.78, 5) is 28.5. The quantitative estimate of drug-likeness (QED) is 0.266. The fourth-order valence-electron chi connectivity index (χ4n) is 5.40. The predicted molar refractivity (Wildman–Crippen MR) is 169 cm³/mol. The van der Waals surface area contributed by atoms with Gasteiger partial charge in [0.15, 0.2) is 0 Å². The molecule has 0 bridgehead atoms. The minimum absolute atomic E-state index is 0.0163. The van der Waals surface area contributed by atoms with Gasteiger partial charge in [-0.15, -0.1) is 11.8 Å². The molecular formula is C32H43N3O4S2. The number of nitrogens with one attached hydrogen (secondary N) is 2. The highest BCUT2D eigenvalue weighted by molar-refractivity contribution is 7.99. The van der Waals surface area contributed by atoms with Gasteiger partial charge in [0, 0.05) is 12.3 Å². The highest BCUT2D eigenvalue weighted by atomic mass is 32.2. The summed E-state index contributed by atoms with van der Waals surface area (Å²) in [6.45, 7) is 3.76. The molecule has 1 saturated heterocycles. The Bertz CT molecular complexity index is 1150. The SMILES string of the molecule is CC(C)(O)CC(=O)N1CSC[C@H]1C(=O)N[C@H](CCC1CCCCC1)C(=S)NCc1ccc(Oc2ccccc2)cc1. The number of nitrogens with zero attached hydrogens (tertiary/aromatic N) is 1. The summed E-state index contributed by atoms with van der Waals surface area (Å²) < 4.78 is 5.89. The summed E-state index contributed by atoms with van der Waals surface area (Å²) >= 11 is 7.39. The third-order valence-electron chi connectivity index (χ3n) is 7.68. The van der Waals surface area contributed by atoms with Crippen molar-refractivity contribution in [1.82, 2.24) is 15.5 Å². The van der Waals surface area contributed by atoms with E-state index in [0.717, 1.165) is 29.9 Å². The lowest BCUT2D eigenvalue weighted by atomic mass is 9.85. The number of hydrogen-bond acceptors (Lipinski definition) is 6. The fraction of sp³-hybridized carbons (Fsp3) is 0.531. The van der Waals surface area contributed by atoms with Crippen molar-refractivity contribution in [3.63, 3.8) is 0 Å². The maximum absolute atomic E-state index is 13.5. The average Bonchev–Trinajstić information content (AvgIpc) is 3.46. The summed E-state index contributed by atoms with van der Waals surface area (Å²) in [5.41, 5.74) is -0.0636. The Morgan fingerprint density at radius 1 is 1.07 bits per heavy atom. The van der Waals surface area contributed by atoms with E-state index in [1.165, 1.54) is 32.1 Å². The molecule has 2 atom stereocenters. The summed E-state index contributed by atoms with van der Waals surface area (Å²) in [5.74, 6) is 2.81. The number of thioether (sulfide) groups is 1. The number of rotatable bonds is 12. The predicted octanol–water partition coefficient (Wildman–Crippen LogP) is 5.80. The Balaban J connectivity index is 1.36. The van der Waals surface area contributed by atoms with E-state index in [0.29, 0.717) is 29.1 Å². The van der Waals surface area contributed by atoms with E-state index >= 15 is 0 Å². The Morgan fingerprint density at radius 3 is 2.44 bits per heavy atom. The number of para-hydroxylation sites is 1. The zero-order chi connectivity index (χ0) is 29.2. The molecule has 2 amide bonds. The van der Waals surface area contributed by atoms with Crippen LogP contribution in [-0.2, 0) is 16.1 Å². The van der Waals surface area contributed by atoms with Crippen LogP contribution < -0.4 is 15.4 Å². The maximum Gasteiger partial charge on any atom is 0.244 e. The van der Waals surface area contributed by atoms with E-state index in [4.69, 9.17) is 17.0 Å². The monoisotopic (exact) mass is 597 g/mol. The Kier molecular flexibility index (Phi) is 11.5. The first-order valence-electron chi connectivity index (χ1n) is 14.7. The van der Waals surface area contributed by atoms with Crippen molar-refractivity contribution in [2.45, 2.75) is 89.4 Å². The number of benzene rings is 2. The Hall–Kier alpha value is -2.62. The molecule has 1 saturated carbocycles. The molecule has 1 aliphatic carbocycles. The summed E-state index contributed by atoms with van der Waals surface area (Å²) in [5, 5.41) is 16.7. The normalized spacial score (nSPS) is 18.5. The van der Waals surface area contributed by atoms with Crippen LogP contribution in [0.2, 0.25) is 0 Å². The molecule has 0 aromatic heterocycles. The van der Waals surface area contributed by atoms with E-state index < -0.39 is 11.6 Å². The molecule has 9 heteroatoms. The molecule has 0 spiro atoms. The van der Waals surface area contributed by atoms with Gasteiger partial charge in [-0.05, 0) is 62.4 Å². The van der Waals surface area contributed by atoms with Gasteiger partial charge in [0.2, 0.25) is 11.8 Å². The standard InChI is InChI=1S/C32H43N3O4S2/c1-32(2,38)19-29(36)35-22-41-21-28(35)30(37)34-27(18-15-23-9-5-3-6-10-23)31(40)33-20-24-13-16-26(17-14-24)39-25-11-7-4-8-12-25/h4,7-8,11-14,16-17,23,27-28,38H,3,5-6,9-10,15,18-22H2,1-2H3,(H,33,40)(H,34,37)/t27-,28+/m1/s1. The van der Waals surface area contributed by atoms with Gasteiger partial charge in [0.25, 0.3) is 0 Å². The van der Waals surface area contributed by atoms with Crippen LogP contribution in [0.25, 0.3) is 0 Å². The van der Waals surface area contributed by atoms with E-state index in [1.807, 2.05) is 54.6 Å². The molecule has 3 N–H and O–H groups in total. The van der Waals surface area contributed by atoms with Gasteiger partial charge < -0.3 is 25.4 Å². The zero-order valence-electron chi connectivity index (χ0n) is 24.1. The van der Waals surface area contributed by atoms with Crippen LogP contribution in [0.1, 0.15) is 70.8 Å². The van der Waals surface area contributed by atoms with Crippen molar-refractivity contribution >= 4 is 40.8 Å². The summed E-state index contributed by atoms with van der Waals surface area (Å²) in [7, 11) is 0. The molecule has 41 heavy (non-hydrogen) atoms. The topological polar surface area (TPSA) is 90.9 Å². The second-order valence-corrected chi connectivity index (χ2v) is 13.2. The molecular weight excluding hydrogens is 555 g/mol. The van der Waals surface area contributed by atoms with Crippen LogP contribution >= 0.6 is 24.0 Å². The lowest BCUT2D eigenvalue weighted by Crippen LogP contribution is -2.54. The van der Waals surface area contributed by atoms with E-state index in [-0.39, 0.29) is 24.3 Å². The van der Waals surface area contributed by atoms with Crippen molar-refractivity contribution in [3.8, 4) is 11.5 Å². The molecule has 2 aliphatic rings. The van der Waals surface area contributed by atoms with Gasteiger partial charge in [-0.25, -0.2) is 0 Å². The van der Waals surface area contributed by atoms with E-state index in [9.17, 15) is 14.7 Å². The lowest BCUT2D eigenvalue weighted by Gasteiger charge is -2.29. The number of ether oxygens (including phenoxy) is 1. The van der Waals surface area contributed by atoms with Crippen LogP contribution in [-0.4, -0.2) is 56.1 Å². The van der Waals surface area contributed by atoms with Crippen LogP contribution in [0.5, 0.6) is 11.5 Å². The average molecular weight is 598 g/mol. The number of carbonyl (C=O) groups is 2. The number of carbonyl (C=O) groups excluding carboxylic acids is 2. The van der Waals surface area contributed by atoms with Gasteiger partial charge in [0.1, 0.15) is 17.5 Å². The maximum atomic E-state index is 13.5. The number of thiocarbonyl (C=S) groups is 1. The number of amides is 2. The molecule has 2 aromatic rings. The van der Waals surface area contributed by atoms with Crippen molar-refractivity contribution in [2.75, 3.05) is 11.6 Å². The van der Waals surface area contributed by atoms with Crippen molar-refractivity contribution < 1.29 is 19.4 Å². The van der Waals surface area contributed by atoms with Crippen LogP contribution in [0.3, 0.4) is 0 Å². The molecule has 4 rings (SSSR count). The largest absolute Gasteiger partial charge is 0.457 e. The lowest BCUT2D eigenvalue weighted by molar-refractivity contribution is -0.141. The Labute approximate surface area is 253 Å². The van der Waals surface area contributed by atoms with Crippen molar-refractivity contribution in [1.29, 1.82) is 0 Å². The second kappa shape index (κ2) is 15.0. The van der Waals surface area contributed by atoms with E-state index in [2.05, 4.69) is 10.6 Å². The minimum Gasteiger partial charge on any atom is -0.457 e. The molecule has 1 aliphatic heterocycles. The molecule has 2 fully saturated rings. The minimum atomic E-state index is -1.12. The van der Waals surface area contributed by atoms with Crippen LogP contribution in [0.15, 0.2) is 54.6 Å². The highest BCUT2D eigenvalue weighted by Crippen LogP contribution is 2.29. The van der Waals surface area contributed by atoms with Crippen molar-refractivity contribution in [2.24, 2.45) is 5.92 Å². The van der Waals surface area contributed by atoms with Crippen LogP contribution in [0.4, 0.5) is 0 Å². The van der Waals surface area contributed by atoms with Gasteiger partial charge >= 0.3 is 0 Å². The summed E-state index contributed by atoms with van der Waals surface area (Å²) in [6.07, 6.45) is 8.07. The second-order valence-electron chi connectivity index (χ2n) is 11.8. The first-order chi connectivity index (χ1) is 19.7. The molecule has 2 aromatic carbocycles. The van der Waals surface area contributed by atoms with Crippen molar-refractivity contribution in [3.05, 3.63) is 60.2 Å². The number of aliphatic hydroxyl groups is 1. The fourth-order valence-corrected chi connectivity index (χ4v) is 6.83. The van der Waals surface area contributed by atoms with Gasteiger partial charge in [-0.2, -0.15) is 0 Å². The van der Waals surface area contributed by atoms with Gasteiger partial charge in [-0.1, -0.05) is 74.7 Å². The van der Waals surface area contributed by atoms with E-state index in [1.54, 1.807) is 30.5 Å². The highest BCUT2D eigenvalue weighted by Gasteiger charge is 2.37. The van der Waals surface area contributed by atoms with Crippen LogP contribution in [0, 0.1) is 5.92 Å². The van der Waals surface area contributed by atoms with Gasteiger partial charge in [-0.3, -0.25) is 9.59 Å². The molecule has 1 heterocycles. The smallest absolute Gasteiger partial charge is 0.244 e. The Morgan fingerprint density at radius 2 is 1.76 bits per heavy atom.